The average Bonchev–Trinajstić information content (AvgIpc) is 2.35. The fourth-order valence-corrected chi connectivity index (χ4v) is 4.23. The Morgan fingerprint density at radius 3 is 2.11 bits per heavy atom. The van der Waals surface area contributed by atoms with E-state index in [0.717, 1.165) is 6.61 Å². The van der Waals surface area contributed by atoms with Gasteiger partial charge >= 0.3 is 0 Å². The van der Waals surface area contributed by atoms with Crippen LogP contribution < -0.4 is 5.32 Å². The Kier molecular flexibility index (Phi) is 3.22. The average molecular weight is 251 g/mol. The van der Waals surface area contributed by atoms with Crippen LogP contribution in [0.1, 0.15) is 78.1 Å². The lowest BCUT2D eigenvalue weighted by atomic mass is 9.71. The molecule has 18 heavy (non-hydrogen) atoms. The third-order valence-electron chi connectivity index (χ3n) is 5.67. The molecule has 2 nitrogen and oxygen atoms in total. The molecule has 2 saturated carbocycles. The summed E-state index contributed by atoms with van der Waals surface area (Å²) < 4.78 is 6.22. The van der Waals surface area contributed by atoms with E-state index in [-0.39, 0.29) is 5.72 Å². The van der Waals surface area contributed by atoms with Gasteiger partial charge in [-0.25, -0.2) is 0 Å². The molecular formula is C16H29NO. The largest absolute Gasteiger partial charge is 0.361 e. The maximum Gasteiger partial charge on any atom is 0.119 e. The van der Waals surface area contributed by atoms with Gasteiger partial charge in [-0.2, -0.15) is 0 Å². The minimum Gasteiger partial charge on any atom is -0.361 e. The molecule has 2 aliphatic carbocycles. The molecule has 0 aromatic carbocycles. The number of hydrogen-bond acceptors (Lipinski definition) is 2. The van der Waals surface area contributed by atoms with Crippen molar-refractivity contribution in [2.75, 3.05) is 6.61 Å². The monoisotopic (exact) mass is 251 g/mol. The van der Waals surface area contributed by atoms with Gasteiger partial charge in [0.15, 0.2) is 0 Å². The number of ether oxygens (including phenoxy) is 1. The van der Waals surface area contributed by atoms with Crippen molar-refractivity contribution >= 4 is 0 Å². The van der Waals surface area contributed by atoms with E-state index in [1.165, 1.54) is 64.2 Å². The highest BCUT2D eigenvalue weighted by molar-refractivity contribution is 5.01. The van der Waals surface area contributed by atoms with E-state index in [4.69, 9.17) is 4.74 Å². The van der Waals surface area contributed by atoms with Crippen molar-refractivity contribution in [1.29, 1.82) is 0 Å². The molecule has 0 amide bonds. The Morgan fingerprint density at radius 2 is 1.44 bits per heavy atom. The van der Waals surface area contributed by atoms with E-state index in [9.17, 15) is 0 Å². The van der Waals surface area contributed by atoms with Crippen LogP contribution in [0.15, 0.2) is 0 Å². The molecule has 0 unspecified atom stereocenters. The second-order valence-corrected chi connectivity index (χ2v) is 7.72. The van der Waals surface area contributed by atoms with Crippen LogP contribution in [-0.2, 0) is 4.74 Å². The molecule has 1 aliphatic heterocycles. The molecule has 0 aromatic rings. The lowest BCUT2D eigenvalue weighted by Crippen LogP contribution is -2.65. The predicted molar refractivity (Wildman–Crippen MR) is 74.5 cm³/mol. The Labute approximate surface area is 112 Å². The zero-order valence-electron chi connectivity index (χ0n) is 12.2. The minimum atomic E-state index is 0.0328. The quantitative estimate of drug-likeness (QED) is 0.702. The number of nitrogens with one attached hydrogen (secondary N) is 1. The van der Waals surface area contributed by atoms with Crippen molar-refractivity contribution in [1.82, 2.24) is 5.32 Å². The Bertz CT molecular complexity index is 289. The molecule has 104 valence electrons. The second kappa shape index (κ2) is 4.49. The lowest BCUT2D eigenvalue weighted by Gasteiger charge is -2.54. The SMILES string of the molecule is CC1(C)CCC2(CC1)NC1(CCCCC1)CCO2. The summed E-state index contributed by atoms with van der Waals surface area (Å²) in [5.41, 5.74) is 0.983. The van der Waals surface area contributed by atoms with Gasteiger partial charge in [-0.05, 0) is 50.4 Å². The lowest BCUT2D eigenvalue weighted by molar-refractivity contribution is -0.166. The van der Waals surface area contributed by atoms with Gasteiger partial charge in [-0.15, -0.1) is 0 Å². The minimum absolute atomic E-state index is 0.0328. The summed E-state index contributed by atoms with van der Waals surface area (Å²) in [5.74, 6) is 0. The van der Waals surface area contributed by atoms with E-state index >= 15 is 0 Å². The molecule has 2 heteroatoms. The highest BCUT2D eigenvalue weighted by Crippen LogP contribution is 2.45. The molecular weight excluding hydrogens is 222 g/mol. The molecule has 3 fully saturated rings. The van der Waals surface area contributed by atoms with Crippen LogP contribution in [0.25, 0.3) is 0 Å². The van der Waals surface area contributed by atoms with Gasteiger partial charge in [-0.3, -0.25) is 5.32 Å². The summed E-state index contributed by atoms with van der Waals surface area (Å²) >= 11 is 0. The summed E-state index contributed by atoms with van der Waals surface area (Å²) in [4.78, 5) is 0. The summed E-state index contributed by atoms with van der Waals surface area (Å²) in [6, 6.07) is 0. The molecule has 0 atom stereocenters. The molecule has 2 spiro atoms. The van der Waals surface area contributed by atoms with Crippen LogP contribution >= 0.6 is 0 Å². The van der Waals surface area contributed by atoms with Crippen LogP contribution in [-0.4, -0.2) is 17.9 Å². The molecule has 0 aromatic heterocycles. The van der Waals surface area contributed by atoms with Crippen LogP contribution in [0.3, 0.4) is 0 Å². The van der Waals surface area contributed by atoms with Crippen LogP contribution in [0.5, 0.6) is 0 Å². The highest BCUT2D eigenvalue weighted by Gasteiger charge is 2.47. The standard InChI is InChI=1S/C16H29NO/c1-14(2)8-10-16(11-9-14)17-15(12-13-18-16)6-4-3-5-7-15/h17H,3-13H2,1-2H3. The van der Waals surface area contributed by atoms with Crippen molar-refractivity contribution in [2.45, 2.75) is 89.3 Å². The zero-order valence-corrected chi connectivity index (χ0v) is 12.2. The van der Waals surface area contributed by atoms with Crippen molar-refractivity contribution < 1.29 is 4.74 Å². The van der Waals surface area contributed by atoms with Crippen molar-refractivity contribution in [3.63, 3.8) is 0 Å². The van der Waals surface area contributed by atoms with Gasteiger partial charge in [0, 0.05) is 5.54 Å². The summed E-state index contributed by atoms with van der Waals surface area (Å²) in [7, 11) is 0. The molecule has 0 radical (unpaired) electrons. The van der Waals surface area contributed by atoms with Crippen LogP contribution in [0.2, 0.25) is 0 Å². The number of hydrogen-bond donors (Lipinski definition) is 1. The van der Waals surface area contributed by atoms with E-state index in [2.05, 4.69) is 19.2 Å². The Balaban J connectivity index is 1.70. The normalized spacial score (nSPS) is 33.7. The molecule has 0 bridgehead atoms. The van der Waals surface area contributed by atoms with E-state index in [1.807, 2.05) is 0 Å². The third kappa shape index (κ3) is 2.46. The first-order valence-corrected chi connectivity index (χ1v) is 7.97. The first kappa shape index (κ1) is 12.9. The first-order valence-electron chi connectivity index (χ1n) is 7.97. The van der Waals surface area contributed by atoms with E-state index in [1.54, 1.807) is 0 Å². The second-order valence-electron chi connectivity index (χ2n) is 7.72. The summed E-state index contributed by atoms with van der Waals surface area (Å²) in [6.07, 6.45) is 13.3. The topological polar surface area (TPSA) is 21.3 Å². The van der Waals surface area contributed by atoms with Gasteiger partial charge in [-0.1, -0.05) is 33.1 Å². The highest BCUT2D eigenvalue weighted by atomic mass is 16.5. The molecule has 3 rings (SSSR count). The third-order valence-corrected chi connectivity index (χ3v) is 5.67. The van der Waals surface area contributed by atoms with Crippen LogP contribution in [0, 0.1) is 5.41 Å². The van der Waals surface area contributed by atoms with Crippen LogP contribution in [0.4, 0.5) is 0 Å². The summed E-state index contributed by atoms with van der Waals surface area (Å²) in [5, 5.41) is 4.00. The van der Waals surface area contributed by atoms with Crippen molar-refractivity contribution in [3.05, 3.63) is 0 Å². The maximum absolute atomic E-state index is 6.22. The van der Waals surface area contributed by atoms with E-state index < -0.39 is 0 Å². The van der Waals surface area contributed by atoms with Crippen molar-refractivity contribution in [2.24, 2.45) is 5.41 Å². The smallest absolute Gasteiger partial charge is 0.119 e. The predicted octanol–water partition coefficient (Wildman–Crippen LogP) is 4.00. The number of rotatable bonds is 0. The van der Waals surface area contributed by atoms with Gasteiger partial charge in [0.2, 0.25) is 0 Å². The van der Waals surface area contributed by atoms with Gasteiger partial charge in [0.25, 0.3) is 0 Å². The van der Waals surface area contributed by atoms with Gasteiger partial charge < -0.3 is 4.74 Å². The Morgan fingerprint density at radius 1 is 0.778 bits per heavy atom. The maximum atomic E-state index is 6.22. The molecule has 1 N–H and O–H groups in total. The molecule has 1 heterocycles. The molecule has 1 saturated heterocycles. The first-order chi connectivity index (χ1) is 8.54. The molecule has 3 aliphatic rings. The van der Waals surface area contributed by atoms with E-state index in [0.29, 0.717) is 11.0 Å². The fraction of sp³-hybridized carbons (Fsp3) is 1.00. The fourth-order valence-electron chi connectivity index (χ4n) is 4.23. The Hall–Kier alpha value is -0.0800. The van der Waals surface area contributed by atoms with Crippen molar-refractivity contribution in [3.8, 4) is 0 Å². The van der Waals surface area contributed by atoms with Gasteiger partial charge in [0.1, 0.15) is 5.72 Å². The van der Waals surface area contributed by atoms with Gasteiger partial charge in [0.05, 0.1) is 6.61 Å². The summed E-state index contributed by atoms with van der Waals surface area (Å²) in [6.45, 7) is 5.78. The zero-order chi connectivity index (χ0) is 12.7.